The van der Waals surface area contributed by atoms with E-state index in [1.54, 1.807) is 18.2 Å². The van der Waals surface area contributed by atoms with Crippen LogP contribution in [0.4, 0.5) is 4.39 Å². The Bertz CT molecular complexity index is 889. The number of halogens is 1. The van der Waals surface area contributed by atoms with Gasteiger partial charge in [0.05, 0.1) is 12.2 Å². The van der Waals surface area contributed by atoms with Crippen molar-refractivity contribution in [2.24, 2.45) is 4.99 Å². The summed E-state index contributed by atoms with van der Waals surface area (Å²) in [6.07, 6.45) is 7.41. The van der Waals surface area contributed by atoms with Crippen LogP contribution in [0, 0.1) is 5.82 Å². The van der Waals surface area contributed by atoms with Gasteiger partial charge in [0.15, 0.2) is 5.70 Å². The molecule has 0 unspecified atom stereocenters. The fourth-order valence-electron chi connectivity index (χ4n) is 2.93. The number of rotatable bonds is 9. The molecule has 0 atom stereocenters. The van der Waals surface area contributed by atoms with Crippen molar-refractivity contribution in [1.82, 2.24) is 0 Å². The molecule has 1 aliphatic rings. The van der Waals surface area contributed by atoms with E-state index in [4.69, 9.17) is 9.47 Å². The Balaban J connectivity index is 1.72. The second-order valence-electron chi connectivity index (χ2n) is 6.62. The van der Waals surface area contributed by atoms with Crippen LogP contribution < -0.4 is 4.74 Å². The molecular weight excluding hydrogens is 357 g/mol. The fraction of sp³-hybridized carbons (Fsp3) is 0.304. The third-order valence-corrected chi connectivity index (χ3v) is 4.44. The van der Waals surface area contributed by atoms with Crippen LogP contribution in [0.1, 0.15) is 50.2 Å². The van der Waals surface area contributed by atoms with Gasteiger partial charge in [-0.25, -0.2) is 14.2 Å². The molecular formula is C23H24FNO3. The quantitative estimate of drug-likeness (QED) is 0.326. The molecule has 28 heavy (non-hydrogen) atoms. The lowest BCUT2D eigenvalue weighted by molar-refractivity contribution is -0.129. The number of carbonyl (C=O) groups excluding carboxylic acids is 1. The average molecular weight is 381 g/mol. The molecule has 4 nitrogen and oxygen atoms in total. The first-order valence-corrected chi connectivity index (χ1v) is 9.68. The molecule has 2 aromatic carbocycles. The number of ether oxygens (including phenoxy) is 2. The van der Waals surface area contributed by atoms with Gasteiger partial charge in [-0.15, -0.1) is 0 Å². The molecule has 1 aliphatic heterocycles. The summed E-state index contributed by atoms with van der Waals surface area (Å²) >= 11 is 0. The smallest absolute Gasteiger partial charge is 0.363 e. The van der Waals surface area contributed by atoms with Crippen LogP contribution >= 0.6 is 0 Å². The Hall–Kier alpha value is -2.95. The van der Waals surface area contributed by atoms with E-state index in [0.29, 0.717) is 12.4 Å². The van der Waals surface area contributed by atoms with Crippen LogP contribution in [0.3, 0.4) is 0 Å². The number of esters is 1. The topological polar surface area (TPSA) is 47.9 Å². The lowest BCUT2D eigenvalue weighted by Gasteiger charge is -2.09. The van der Waals surface area contributed by atoms with E-state index in [1.807, 2.05) is 24.3 Å². The molecule has 0 radical (unpaired) electrons. The number of aliphatic imine (C=N–C) groups is 1. The minimum Gasteiger partial charge on any atom is -0.493 e. The van der Waals surface area contributed by atoms with Crippen molar-refractivity contribution in [3.8, 4) is 5.75 Å². The summed E-state index contributed by atoms with van der Waals surface area (Å²) in [7, 11) is 0. The SMILES string of the molecule is CCCCCCCOc1ccccc1C=C1N=C(c2ccccc2F)OC1=O. The number of cyclic esters (lactones) is 1. The minimum atomic E-state index is -0.604. The standard InChI is InChI=1S/C23H24FNO3/c1-2-3-4-5-10-15-27-21-14-9-6-11-17(21)16-20-23(26)28-22(25-20)18-12-7-8-13-19(18)24/h6-9,11-14,16H,2-5,10,15H2,1H3. The number of hydrogen-bond acceptors (Lipinski definition) is 4. The maximum Gasteiger partial charge on any atom is 0.363 e. The monoisotopic (exact) mass is 381 g/mol. The molecule has 5 heteroatoms. The van der Waals surface area contributed by atoms with Crippen molar-refractivity contribution in [2.75, 3.05) is 6.61 Å². The van der Waals surface area contributed by atoms with E-state index >= 15 is 0 Å². The molecule has 0 saturated heterocycles. The highest BCUT2D eigenvalue weighted by Crippen LogP contribution is 2.25. The van der Waals surface area contributed by atoms with E-state index in [-0.39, 0.29) is 17.2 Å². The highest BCUT2D eigenvalue weighted by atomic mass is 19.1. The van der Waals surface area contributed by atoms with Gasteiger partial charge in [0.25, 0.3) is 0 Å². The van der Waals surface area contributed by atoms with Crippen molar-refractivity contribution in [1.29, 1.82) is 0 Å². The van der Waals surface area contributed by atoms with Crippen LogP contribution in [0.25, 0.3) is 6.08 Å². The summed E-state index contributed by atoms with van der Waals surface area (Å²) in [5.74, 6) is -0.425. The van der Waals surface area contributed by atoms with Gasteiger partial charge < -0.3 is 9.47 Å². The largest absolute Gasteiger partial charge is 0.493 e. The zero-order valence-corrected chi connectivity index (χ0v) is 16.0. The van der Waals surface area contributed by atoms with Crippen LogP contribution in [0.5, 0.6) is 5.75 Å². The Morgan fingerprint density at radius 1 is 1.04 bits per heavy atom. The normalized spacial score (nSPS) is 14.9. The van der Waals surface area contributed by atoms with Crippen molar-refractivity contribution in [3.63, 3.8) is 0 Å². The zero-order chi connectivity index (χ0) is 19.8. The molecule has 0 saturated carbocycles. The lowest BCUT2D eigenvalue weighted by atomic mass is 10.1. The average Bonchev–Trinajstić information content (AvgIpc) is 3.06. The van der Waals surface area contributed by atoms with Crippen molar-refractivity contribution in [3.05, 3.63) is 71.2 Å². The molecule has 0 bridgehead atoms. The summed E-state index contributed by atoms with van der Waals surface area (Å²) < 4.78 is 25.0. The highest BCUT2D eigenvalue weighted by molar-refractivity contribution is 6.13. The Morgan fingerprint density at radius 3 is 2.61 bits per heavy atom. The minimum absolute atomic E-state index is 0.0244. The van der Waals surface area contributed by atoms with E-state index in [2.05, 4.69) is 11.9 Å². The summed E-state index contributed by atoms with van der Waals surface area (Å²) in [6, 6.07) is 13.5. The van der Waals surface area contributed by atoms with E-state index in [0.717, 1.165) is 18.4 Å². The molecule has 0 fully saturated rings. The van der Waals surface area contributed by atoms with Crippen molar-refractivity contribution in [2.45, 2.75) is 39.0 Å². The van der Waals surface area contributed by atoms with Crippen LogP contribution in [-0.4, -0.2) is 18.5 Å². The number of unbranched alkanes of at least 4 members (excludes halogenated alkanes) is 4. The molecule has 0 aliphatic carbocycles. The number of benzene rings is 2. The molecule has 2 aromatic rings. The molecule has 1 heterocycles. The molecule has 0 spiro atoms. The van der Waals surface area contributed by atoms with Gasteiger partial charge in [-0.05, 0) is 30.7 Å². The predicted molar refractivity (Wildman–Crippen MR) is 108 cm³/mol. The molecule has 0 aromatic heterocycles. The van der Waals surface area contributed by atoms with Gasteiger partial charge in [0.2, 0.25) is 5.90 Å². The van der Waals surface area contributed by atoms with Crippen molar-refractivity contribution >= 4 is 17.9 Å². The molecule has 3 rings (SSSR count). The molecule has 146 valence electrons. The summed E-state index contributed by atoms with van der Waals surface area (Å²) in [6.45, 7) is 2.81. The zero-order valence-electron chi connectivity index (χ0n) is 16.0. The van der Waals surface area contributed by atoms with E-state index in [9.17, 15) is 9.18 Å². The fourth-order valence-corrected chi connectivity index (χ4v) is 2.93. The summed E-state index contributed by atoms with van der Waals surface area (Å²) in [5.41, 5.74) is 1.02. The number of carbonyl (C=O) groups is 1. The van der Waals surface area contributed by atoms with Crippen LogP contribution in [-0.2, 0) is 9.53 Å². The summed E-state index contributed by atoms with van der Waals surface area (Å²) in [4.78, 5) is 16.4. The molecule has 0 amide bonds. The lowest BCUT2D eigenvalue weighted by Crippen LogP contribution is -2.07. The van der Waals surface area contributed by atoms with E-state index in [1.165, 1.54) is 31.4 Å². The second-order valence-corrected chi connectivity index (χ2v) is 6.62. The van der Waals surface area contributed by atoms with Crippen molar-refractivity contribution < 1.29 is 18.7 Å². The van der Waals surface area contributed by atoms with Gasteiger partial charge in [-0.1, -0.05) is 62.9 Å². The number of para-hydroxylation sites is 1. The van der Waals surface area contributed by atoms with Gasteiger partial charge in [0, 0.05) is 5.56 Å². The summed E-state index contributed by atoms with van der Waals surface area (Å²) in [5, 5.41) is 0. The van der Waals surface area contributed by atoms with E-state index < -0.39 is 11.8 Å². The first kappa shape index (κ1) is 19.8. The second kappa shape index (κ2) is 9.83. The van der Waals surface area contributed by atoms with Gasteiger partial charge >= 0.3 is 5.97 Å². The first-order chi connectivity index (χ1) is 13.7. The van der Waals surface area contributed by atoms with Crippen LogP contribution in [0.15, 0.2) is 59.2 Å². The third kappa shape index (κ3) is 5.06. The Morgan fingerprint density at radius 2 is 1.79 bits per heavy atom. The van der Waals surface area contributed by atoms with Gasteiger partial charge in [0.1, 0.15) is 11.6 Å². The number of hydrogen-bond donors (Lipinski definition) is 0. The third-order valence-electron chi connectivity index (χ3n) is 4.44. The Labute approximate surface area is 164 Å². The van der Waals surface area contributed by atoms with Crippen LogP contribution in [0.2, 0.25) is 0 Å². The number of nitrogens with zero attached hydrogens (tertiary/aromatic N) is 1. The maximum atomic E-state index is 13.9. The highest BCUT2D eigenvalue weighted by Gasteiger charge is 2.26. The Kier molecular flexibility index (Phi) is 6.95. The van der Waals surface area contributed by atoms with Gasteiger partial charge in [-0.3, -0.25) is 0 Å². The maximum absolute atomic E-state index is 13.9. The van der Waals surface area contributed by atoms with Gasteiger partial charge in [-0.2, -0.15) is 0 Å². The molecule has 0 N–H and O–H groups in total. The predicted octanol–water partition coefficient (Wildman–Crippen LogP) is 5.52. The first-order valence-electron chi connectivity index (χ1n) is 9.68.